The quantitative estimate of drug-likeness (QED) is 0.826. The summed E-state index contributed by atoms with van der Waals surface area (Å²) in [7, 11) is 0. The van der Waals surface area contributed by atoms with Crippen molar-refractivity contribution in [3.05, 3.63) is 23.8 Å². The number of amides is 1. The highest BCUT2D eigenvalue weighted by Crippen LogP contribution is 2.40. The molecule has 23 heavy (non-hydrogen) atoms. The first kappa shape index (κ1) is 16.1. The number of benzene rings is 1. The molecule has 1 aromatic carbocycles. The molecule has 126 valence electrons. The minimum atomic E-state index is -0.305. The number of nitrogens with one attached hydrogen (secondary N) is 1. The lowest BCUT2D eigenvalue weighted by molar-refractivity contribution is -0.120. The van der Waals surface area contributed by atoms with E-state index in [4.69, 9.17) is 19.9 Å². The van der Waals surface area contributed by atoms with Crippen LogP contribution in [0.3, 0.4) is 0 Å². The van der Waals surface area contributed by atoms with Crippen LogP contribution in [-0.2, 0) is 14.9 Å². The maximum atomic E-state index is 11.5. The minimum absolute atomic E-state index is 0.0812. The molecule has 0 bridgehead atoms. The fourth-order valence-corrected chi connectivity index (χ4v) is 3.32. The molecule has 2 heterocycles. The van der Waals surface area contributed by atoms with E-state index in [0.717, 1.165) is 24.3 Å². The Morgan fingerprint density at radius 1 is 1.30 bits per heavy atom. The van der Waals surface area contributed by atoms with Gasteiger partial charge in [0.05, 0.1) is 6.04 Å². The molecule has 3 N–H and O–H groups in total. The maximum Gasteiger partial charge on any atom is 0.234 e. The Kier molecular flexibility index (Phi) is 4.73. The van der Waals surface area contributed by atoms with E-state index in [0.29, 0.717) is 26.2 Å². The average molecular weight is 320 g/mol. The molecule has 3 rings (SSSR count). The third-order valence-electron chi connectivity index (χ3n) is 4.87. The molecule has 1 amide bonds. The largest absolute Gasteiger partial charge is 0.454 e. The topological polar surface area (TPSA) is 82.8 Å². The van der Waals surface area contributed by atoms with Crippen molar-refractivity contribution in [2.75, 3.05) is 26.6 Å². The molecule has 1 fully saturated rings. The van der Waals surface area contributed by atoms with Gasteiger partial charge in [-0.15, -0.1) is 0 Å². The molecule has 1 unspecified atom stereocenters. The van der Waals surface area contributed by atoms with Crippen LogP contribution >= 0.6 is 0 Å². The fraction of sp³-hybridized carbons (Fsp3) is 0.588. The lowest BCUT2D eigenvalue weighted by Crippen LogP contribution is -2.49. The van der Waals surface area contributed by atoms with E-state index in [-0.39, 0.29) is 24.2 Å². The van der Waals surface area contributed by atoms with Crippen molar-refractivity contribution in [3.8, 4) is 11.5 Å². The lowest BCUT2D eigenvalue weighted by atomic mass is 9.74. The number of carbonyl (C=O) groups excluding carboxylic acids is 1. The molecule has 0 saturated carbocycles. The van der Waals surface area contributed by atoms with Crippen molar-refractivity contribution in [1.29, 1.82) is 0 Å². The summed E-state index contributed by atoms with van der Waals surface area (Å²) in [5.74, 6) is 1.27. The van der Waals surface area contributed by atoms with Crippen LogP contribution in [0.1, 0.15) is 31.7 Å². The molecule has 0 radical (unpaired) electrons. The van der Waals surface area contributed by atoms with Crippen LogP contribution in [-0.4, -0.2) is 38.5 Å². The molecule has 0 spiro atoms. The van der Waals surface area contributed by atoms with Crippen LogP contribution in [0.25, 0.3) is 0 Å². The number of rotatable bonds is 6. The zero-order chi connectivity index (χ0) is 16.3. The first-order valence-electron chi connectivity index (χ1n) is 8.15. The summed E-state index contributed by atoms with van der Waals surface area (Å²) >= 11 is 0. The molecule has 0 aliphatic carbocycles. The van der Waals surface area contributed by atoms with Gasteiger partial charge in [-0.2, -0.15) is 0 Å². The van der Waals surface area contributed by atoms with E-state index in [1.54, 1.807) is 0 Å². The number of primary amides is 1. The van der Waals surface area contributed by atoms with Crippen molar-refractivity contribution in [1.82, 2.24) is 5.32 Å². The first-order valence-corrected chi connectivity index (χ1v) is 8.15. The van der Waals surface area contributed by atoms with Crippen LogP contribution in [0.4, 0.5) is 0 Å². The van der Waals surface area contributed by atoms with Crippen molar-refractivity contribution in [2.45, 2.75) is 37.6 Å². The standard InChI is InChI=1S/C17H24N2O4/c1-2-13(16(18)20)19-10-17(5-7-21-8-6-17)12-3-4-14-15(9-12)23-11-22-14/h3-4,9,13,19H,2,5-8,10-11H2,1H3,(H2,18,20). The van der Waals surface area contributed by atoms with Crippen LogP contribution < -0.4 is 20.5 Å². The number of hydrogen-bond donors (Lipinski definition) is 2. The molecule has 1 saturated heterocycles. The molecule has 1 aromatic rings. The summed E-state index contributed by atoms with van der Waals surface area (Å²) in [5.41, 5.74) is 6.57. The summed E-state index contributed by atoms with van der Waals surface area (Å²) in [6, 6.07) is 5.80. The van der Waals surface area contributed by atoms with E-state index in [2.05, 4.69) is 17.4 Å². The maximum absolute atomic E-state index is 11.5. The van der Waals surface area contributed by atoms with Crippen LogP contribution in [0.15, 0.2) is 18.2 Å². The van der Waals surface area contributed by atoms with Crippen molar-refractivity contribution in [2.24, 2.45) is 5.73 Å². The zero-order valence-electron chi connectivity index (χ0n) is 13.5. The monoisotopic (exact) mass is 320 g/mol. The van der Waals surface area contributed by atoms with E-state index >= 15 is 0 Å². The molecule has 6 nitrogen and oxygen atoms in total. The second-order valence-corrected chi connectivity index (χ2v) is 6.20. The second-order valence-electron chi connectivity index (χ2n) is 6.20. The molecule has 2 aliphatic rings. The van der Waals surface area contributed by atoms with E-state index in [9.17, 15) is 4.79 Å². The molecular weight excluding hydrogens is 296 g/mol. The smallest absolute Gasteiger partial charge is 0.234 e. The van der Waals surface area contributed by atoms with Crippen molar-refractivity contribution < 1.29 is 19.0 Å². The summed E-state index contributed by atoms with van der Waals surface area (Å²) in [4.78, 5) is 11.5. The number of ether oxygens (including phenoxy) is 3. The van der Waals surface area contributed by atoms with Gasteiger partial charge in [-0.05, 0) is 37.0 Å². The predicted molar refractivity (Wildman–Crippen MR) is 85.6 cm³/mol. The van der Waals surface area contributed by atoms with Crippen LogP contribution in [0, 0.1) is 0 Å². The Labute approximate surface area is 136 Å². The highest BCUT2D eigenvalue weighted by molar-refractivity contribution is 5.79. The first-order chi connectivity index (χ1) is 11.1. The number of hydrogen-bond acceptors (Lipinski definition) is 5. The van der Waals surface area contributed by atoms with Crippen molar-refractivity contribution >= 4 is 5.91 Å². The Balaban J connectivity index is 1.83. The normalized spacial score (nSPS) is 20.2. The summed E-state index contributed by atoms with van der Waals surface area (Å²) in [6.45, 7) is 4.34. The van der Waals surface area contributed by atoms with Gasteiger partial charge in [0.15, 0.2) is 11.5 Å². The van der Waals surface area contributed by atoms with Gasteiger partial charge in [0.1, 0.15) is 0 Å². The molecule has 1 atom stereocenters. The third kappa shape index (κ3) is 3.28. The van der Waals surface area contributed by atoms with Crippen molar-refractivity contribution in [3.63, 3.8) is 0 Å². The minimum Gasteiger partial charge on any atom is -0.454 e. The lowest BCUT2D eigenvalue weighted by Gasteiger charge is -2.39. The average Bonchev–Trinajstić information content (AvgIpc) is 3.03. The Morgan fingerprint density at radius 3 is 2.74 bits per heavy atom. The highest BCUT2D eigenvalue weighted by atomic mass is 16.7. The Bertz CT molecular complexity index is 570. The van der Waals surface area contributed by atoms with E-state index in [1.165, 1.54) is 5.56 Å². The Morgan fingerprint density at radius 2 is 2.04 bits per heavy atom. The van der Waals surface area contributed by atoms with Gasteiger partial charge in [0.2, 0.25) is 12.7 Å². The van der Waals surface area contributed by atoms with Gasteiger partial charge in [0.25, 0.3) is 0 Å². The molecule has 2 aliphatic heterocycles. The third-order valence-corrected chi connectivity index (χ3v) is 4.87. The second kappa shape index (κ2) is 6.76. The number of carbonyl (C=O) groups is 1. The van der Waals surface area contributed by atoms with Gasteiger partial charge < -0.3 is 25.3 Å². The summed E-state index contributed by atoms with van der Waals surface area (Å²) in [5, 5.41) is 3.34. The van der Waals surface area contributed by atoms with Gasteiger partial charge >= 0.3 is 0 Å². The Hall–Kier alpha value is -1.79. The summed E-state index contributed by atoms with van der Waals surface area (Å²) in [6.07, 6.45) is 2.48. The number of fused-ring (bicyclic) bond motifs is 1. The molecule has 0 aromatic heterocycles. The molecule has 6 heteroatoms. The zero-order valence-corrected chi connectivity index (χ0v) is 13.5. The van der Waals surface area contributed by atoms with E-state index in [1.807, 2.05) is 13.0 Å². The van der Waals surface area contributed by atoms with Crippen LogP contribution in [0.2, 0.25) is 0 Å². The van der Waals surface area contributed by atoms with Gasteiger partial charge in [-0.3, -0.25) is 4.79 Å². The van der Waals surface area contributed by atoms with Crippen LogP contribution in [0.5, 0.6) is 11.5 Å². The van der Waals surface area contributed by atoms with Gasteiger partial charge in [0, 0.05) is 25.2 Å². The van der Waals surface area contributed by atoms with E-state index < -0.39 is 0 Å². The fourth-order valence-electron chi connectivity index (χ4n) is 3.32. The summed E-state index contributed by atoms with van der Waals surface area (Å²) < 4.78 is 16.5. The highest BCUT2D eigenvalue weighted by Gasteiger charge is 2.36. The number of nitrogens with two attached hydrogens (primary N) is 1. The van der Waals surface area contributed by atoms with Gasteiger partial charge in [-0.25, -0.2) is 0 Å². The molecular formula is C17H24N2O4. The predicted octanol–water partition coefficient (Wildman–Crippen LogP) is 1.32. The van der Waals surface area contributed by atoms with Gasteiger partial charge in [-0.1, -0.05) is 13.0 Å². The SMILES string of the molecule is CCC(NCC1(c2ccc3c(c2)OCO3)CCOCC1)C(N)=O.